The van der Waals surface area contributed by atoms with Gasteiger partial charge in [0, 0.05) is 5.56 Å². The van der Waals surface area contributed by atoms with Crippen molar-refractivity contribution >= 4 is 46.6 Å². The van der Waals surface area contributed by atoms with Gasteiger partial charge in [-0.1, -0.05) is 41.0 Å². The highest BCUT2D eigenvalue weighted by Gasteiger charge is 2.21. The molecular weight excluding hydrogens is 459 g/mol. The summed E-state index contributed by atoms with van der Waals surface area (Å²) < 4.78 is 30.0. The van der Waals surface area contributed by atoms with E-state index >= 15 is 0 Å². The Bertz CT molecular complexity index is 1050. The van der Waals surface area contributed by atoms with Gasteiger partial charge in [-0.15, -0.1) is 10.2 Å². The zero-order valence-electron chi connectivity index (χ0n) is 15.4. The molecule has 0 saturated carbocycles. The van der Waals surface area contributed by atoms with E-state index in [-0.39, 0.29) is 21.8 Å². The van der Waals surface area contributed by atoms with Crippen molar-refractivity contribution < 1.29 is 18.3 Å². The number of benzene rings is 2. The van der Waals surface area contributed by atoms with Crippen LogP contribution in [0.1, 0.15) is 6.92 Å². The largest absolute Gasteiger partial charge is 0.435 e. The lowest BCUT2D eigenvalue weighted by Gasteiger charge is -2.13. The van der Waals surface area contributed by atoms with Crippen LogP contribution in [0, 0.1) is 0 Å². The minimum atomic E-state index is -2.91. The third-order valence-corrected chi connectivity index (χ3v) is 5.74. The van der Waals surface area contributed by atoms with E-state index in [4.69, 9.17) is 29.0 Å². The third kappa shape index (κ3) is 5.13. The number of carbonyl (C=O) groups excluding carboxylic acids is 1. The molecule has 0 radical (unpaired) electrons. The summed E-state index contributed by atoms with van der Waals surface area (Å²) in [5, 5.41) is 11.0. The lowest BCUT2D eigenvalue weighted by Crippen LogP contribution is -2.23. The van der Waals surface area contributed by atoms with Gasteiger partial charge in [0.15, 0.2) is 5.82 Å². The van der Waals surface area contributed by atoms with Crippen LogP contribution in [-0.2, 0) is 4.79 Å². The lowest BCUT2D eigenvalue weighted by atomic mass is 10.2. The number of nitrogen functional groups attached to an aromatic ring is 1. The van der Waals surface area contributed by atoms with Crippen molar-refractivity contribution in [2.45, 2.75) is 23.9 Å². The van der Waals surface area contributed by atoms with Crippen LogP contribution in [-0.4, -0.2) is 32.6 Å². The molecule has 1 atom stereocenters. The Morgan fingerprint density at radius 1 is 1.20 bits per heavy atom. The maximum Gasteiger partial charge on any atom is 0.387 e. The molecule has 12 heteroatoms. The maximum atomic E-state index is 12.5. The number of aromatic nitrogens is 3. The van der Waals surface area contributed by atoms with E-state index in [0.717, 1.165) is 11.8 Å². The van der Waals surface area contributed by atoms with Crippen LogP contribution in [0.15, 0.2) is 47.6 Å². The number of nitrogens with two attached hydrogens (primary N) is 1. The number of rotatable bonds is 7. The van der Waals surface area contributed by atoms with Gasteiger partial charge in [-0.3, -0.25) is 4.79 Å². The van der Waals surface area contributed by atoms with Gasteiger partial charge in [0.25, 0.3) is 0 Å². The van der Waals surface area contributed by atoms with Crippen LogP contribution in [0.25, 0.3) is 11.4 Å². The lowest BCUT2D eigenvalue weighted by molar-refractivity contribution is -0.115. The summed E-state index contributed by atoms with van der Waals surface area (Å²) >= 11 is 13.1. The van der Waals surface area contributed by atoms with E-state index in [1.807, 2.05) is 0 Å². The predicted octanol–water partition coefficient (Wildman–Crippen LogP) is 4.69. The first kappa shape index (κ1) is 22.1. The Morgan fingerprint density at radius 3 is 2.57 bits per heavy atom. The van der Waals surface area contributed by atoms with Gasteiger partial charge in [0.1, 0.15) is 5.75 Å². The van der Waals surface area contributed by atoms with Crippen LogP contribution in [0.3, 0.4) is 0 Å². The van der Waals surface area contributed by atoms with Gasteiger partial charge in [0.2, 0.25) is 11.1 Å². The standard InChI is InChI=1S/C18H15Cl2F2N5O2S/c1-9(16(28)24-13-4-2-3-12(19)14(13)20)30-18-26-25-15(27(18)23)10-5-7-11(8-6-10)29-17(21)22/h2-9,17H,23H2,1H3,(H,24,28)/t9-/m0/s1. The van der Waals surface area contributed by atoms with Crippen molar-refractivity contribution in [1.82, 2.24) is 14.9 Å². The molecule has 0 unspecified atom stereocenters. The van der Waals surface area contributed by atoms with Crippen molar-refractivity contribution in [3.05, 3.63) is 52.5 Å². The molecule has 0 fully saturated rings. The second-order valence-corrected chi connectivity index (χ2v) is 8.02. The summed E-state index contributed by atoms with van der Waals surface area (Å²) in [5.74, 6) is 6.03. The van der Waals surface area contributed by atoms with Crippen molar-refractivity contribution in [3.8, 4) is 17.1 Å². The number of nitrogens with zero attached hydrogens (tertiary/aromatic N) is 3. The van der Waals surface area contributed by atoms with Crippen molar-refractivity contribution in [2.24, 2.45) is 0 Å². The smallest absolute Gasteiger partial charge is 0.387 e. The molecule has 0 spiro atoms. The minimum absolute atomic E-state index is 0.0106. The topological polar surface area (TPSA) is 95.1 Å². The average Bonchev–Trinajstić information content (AvgIpc) is 3.06. The van der Waals surface area contributed by atoms with Gasteiger partial charge in [0.05, 0.1) is 21.0 Å². The number of halogens is 4. The van der Waals surface area contributed by atoms with Crippen LogP contribution in [0.4, 0.5) is 14.5 Å². The highest BCUT2D eigenvalue weighted by atomic mass is 35.5. The van der Waals surface area contributed by atoms with Gasteiger partial charge in [-0.05, 0) is 43.3 Å². The van der Waals surface area contributed by atoms with Gasteiger partial charge in [-0.25, -0.2) is 4.68 Å². The fourth-order valence-corrected chi connectivity index (χ4v) is 3.50. The Labute approximate surface area is 184 Å². The van der Waals surface area contributed by atoms with E-state index < -0.39 is 11.9 Å². The molecular formula is C18H15Cl2F2N5O2S. The van der Waals surface area contributed by atoms with Crippen LogP contribution in [0.5, 0.6) is 5.75 Å². The van der Waals surface area contributed by atoms with Crippen LogP contribution >= 0.6 is 35.0 Å². The normalized spacial score (nSPS) is 12.1. The molecule has 3 aromatic rings. The molecule has 3 N–H and O–H groups in total. The fraction of sp³-hybridized carbons (Fsp3) is 0.167. The third-order valence-electron chi connectivity index (χ3n) is 3.86. The Hall–Kier alpha value is -2.56. The van der Waals surface area contributed by atoms with E-state index in [1.54, 1.807) is 25.1 Å². The summed E-state index contributed by atoms with van der Waals surface area (Å²) in [6.07, 6.45) is 0. The number of anilines is 1. The van der Waals surface area contributed by atoms with E-state index in [0.29, 0.717) is 22.1 Å². The van der Waals surface area contributed by atoms with Gasteiger partial charge in [-0.2, -0.15) is 8.78 Å². The average molecular weight is 474 g/mol. The first-order valence-corrected chi connectivity index (χ1v) is 10.1. The van der Waals surface area contributed by atoms with E-state index in [2.05, 4.69) is 20.3 Å². The van der Waals surface area contributed by atoms with Crippen molar-refractivity contribution in [2.75, 3.05) is 11.2 Å². The molecule has 3 rings (SSSR count). The molecule has 0 aliphatic carbocycles. The zero-order valence-corrected chi connectivity index (χ0v) is 17.7. The van der Waals surface area contributed by atoms with E-state index in [9.17, 15) is 13.6 Å². The van der Waals surface area contributed by atoms with Gasteiger partial charge < -0.3 is 15.9 Å². The molecule has 1 heterocycles. The first-order valence-electron chi connectivity index (χ1n) is 8.43. The molecule has 0 saturated heterocycles. The molecule has 2 aromatic carbocycles. The molecule has 1 aromatic heterocycles. The minimum Gasteiger partial charge on any atom is -0.435 e. The summed E-state index contributed by atoms with van der Waals surface area (Å²) in [6, 6.07) is 10.7. The number of hydrogen-bond acceptors (Lipinski definition) is 6. The molecule has 7 nitrogen and oxygen atoms in total. The molecule has 0 bridgehead atoms. The molecule has 1 amide bonds. The second kappa shape index (κ2) is 9.50. The van der Waals surface area contributed by atoms with E-state index in [1.165, 1.54) is 28.9 Å². The summed E-state index contributed by atoms with van der Waals surface area (Å²) in [5.41, 5.74) is 0.934. The Balaban J connectivity index is 1.69. The number of alkyl halides is 2. The number of ether oxygens (including phenoxy) is 1. The number of amides is 1. The number of hydrogen-bond donors (Lipinski definition) is 2. The summed E-state index contributed by atoms with van der Waals surface area (Å²) in [7, 11) is 0. The SMILES string of the molecule is C[C@H](Sc1nnc(-c2ccc(OC(F)F)cc2)n1N)C(=O)Nc1cccc(Cl)c1Cl. The molecule has 0 aliphatic rings. The molecule has 0 aliphatic heterocycles. The maximum absolute atomic E-state index is 12.5. The van der Waals surface area contributed by atoms with Gasteiger partial charge >= 0.3 is 6.61 Å². The summed E-state index contributed by atoms with van der Waals surface area (Å²) in [4.78, 5) is 12.5. The van der Waals surface area contributed by atoms with Crippen molar-refractivity contribution in [3.63, 3.8) is 0 Å². The monoisotopic (exact) mass is 473 g/mol. The van der Waals surface area contributed by atoms with Crippen LogP contribution in [0.2, 0.25) is 10.0 Å². The number of nitrogens with one attached hydrogen (secondary N) is 1. The fourth-order valence-electron chi connectivity index (χ4n) is 2.39. The Morgan fingerprint density at radius 2 is 1.90 bits per heavy atom. The zero-order chi connectivity index (χ0) is 21.8. The Kier molecular flexibility index (Phi) is 7.01. The van der Waals surface area contributed by atoms with Crippen molar-refractivity contribution in [1.29, 1.82) is 0 Å². The predicted molar refractivity (Wildman–Crippen MR) is 113 cm³/mol. The molecule has 158 valence electrons. The quantitative estimate of drug-likeness (QED) is 0.381. The highest BCUT2D eigenvalue weighted by molar-refractivity contribution is 8.00. The number of thioether (sulfide) groups is 1. The first-order chi connectivity index (χ1) is 14.3. The number of carbonyl (C=O) groups is 1. The highest BCUT2D eigenvalue weighted by Crippen LogP contribution is 2.31. The summed E-state index contributed by atoms with van der Waals surface area (Å²) in [6.45, 7) is -1.24. The van der Waals surface area contributed by atoms with Crippen LogP contribution < -0.4 is 15.9 Å². The molecule has 30 heavy (non-hydrogen) atoms. The second-order valence-electron chi connectivity index (χ2n) is 5.93.